The molecule has 0 bridgehead atoms. The molecule has 1 atom stereocenters. The number of piperidine rings is 1. The number of amides is 2. The molecule has 24 heavy (non-hydrogen) atoms. The summed E-state index contributed by atoms with van der Waals surface area (Å²) in [5.74, 6) is 0.547. The van der Waals surface area contributed by atoms with Gasteiger partial charge in [0.2, 0.25) is 11.8 Å². The second kappa shape index (κ2) is 6.47. The molecule has 2 aliphatic carbocycles. The minimum absolute atomic E-state index is 0.0705. The predicted molar refractivity (Wildman–Crippen MR) is 92.4 cm³/mol. The zero-order valence-electron chi connectivity index (χ0n) is 14.0. The number of carbonyl (C=O) groups excluding carboxylic acids is 2. The van der Waals surface area contributed by atoms with E-state index in [1.807, 2.05) is 16.5 Å². The number of hydrogen-bond donors (Lipinski definition) is 1. The highest BCUT2D eigenvalue weighted by Crippen LogP contribution is 2.40. The van der Waals surface area contributed by atoms with Crippen molar-refractivity contribution in [2.45, 2.75) is 56.9 Å². The summed E-state index contributed by atoms with van der Waals surface area (Å²) in [6, 6.07) is 0. The third kappa shape index (κ3) is 3.08. The second-order valence-electron chi connectivity index (χ2n) is 7.51. The molecule has 0 aromatic carbocycles. The lowest BCUT2D eigenvalue weighted by Crippen LogP contribution is -2.51. The summed E-state index contributed by atoms with van der Waals surface area (Å²) in [7, 11) is 0. The van der Waals surface area contributed by atoms with Crippen molar-refractivity contribution in [2.24, 2.45) is 11.8 Å². The second-order valence-corrected chi connectivity index (χ2v) is 8.41. The number of nitrogens with zero attached hydrogens (tertiary/aromatic N) is 2. The van der Waals surface area contributed by atoms with Gasteiger partial charge in [0.15, 0.2) is 0 Å². The van der Waals surface area contributed by atoms with Crippen molar-refractivity contribution in [1.29, 1.82) is 0 Å². The maximum absolute atomic E-state index is 12.9. The van der Waals surface area contributed by atoms with Gasteiger partial charge in [-0.2, -0.15) is 0 Å². The van der Waals surface area contributed by atoms with Gasteiger partial charge in [-0.1, -0.05) is 12.8 Å². The van der Waals surface area contributed by atoms with Gasteiger partial charge in [-0.3, -0.25) is 9.59 Å². The van der Waals surface area contributed by atoms with Crippen LogP contribution in [0.25, 0.3) is 0 Å². The Kier molecular flexibility index (Phi) is 4.33. The smallest absolute Gasteiger partial charge is 0.225 e. The Morgan fingerprint density at radius 2 is 1.96 bits per heavy atom. The number of likely N-dealkylation sites (tertiary alicyclic amines) is 1. The molecule has 2 amide bonds. The Balaban J connectivity index is 1.44. The van der Waals surface area contributed by atoms with Crippen LogP contribution >= 0.6 is 11.3 Å². The van der Waals surface area contributed by atoms with Crippen LogP contribution in [0.2, 0.25) is 0 Å². The zero-order chi connectivity index (χ0) is 16.6. The molecule has 3 aliphatic rings. The summed E-state index contributed by atoms with van der Waals surface area (Å²) in [6.45, 7) is 1.41. The molecule has 1 N–H and O–H groups in total. The summed E-state index contributed by atoms with van der Waals surface area (Å²) in [6.07, 6.45) is 9.91. The number of rotatable bonds is 4. The molecule has 1 aromatic heterocycles. The van der Waals surface area contributed by atoms with Crippen molar-refractivity contribution in [2.75, 3.05) is 13.1 Å². The van der Waals surface area contributed by atoms with Gasteiger partial charge < -0.3 is 10.2 Å². The van der Waals surface area contributed by atoms with Gasteiger partial charge in [0, 0.05) is 30.6 Å². The fourth-order valence-electron chi connectivity index (χ4n) is 4.15. The summed E-state index contributed by atoms with van der Waals surface area (Å²) >= 11 is 1.63. The Bertz CT molecular complexity index is 606. The molecule has 4 rings (SSSR count). The zero-order valence-corrected chi connectivity index (χ0v) is 14.8. The third-order valence-electron chi connectivity index (χ3n) is 5.69. The van der Waals surface area contributed by atoms with Gasteiger partial charge in [0.25, 0.3) is 0 Å². The van der Waals surface area contributed by atoms with E-state index < -0.39 is 0 Å². The predicted octanol–water partition coefficient (Wildman–Crippen LogP) is 2.68. The molecule has 2 heterocycles. The lowest BCUT2D eigenvalue weighted by Gasteiger charge is -2.35. The Morgan fingerprint density at radius 3 is 2.62 bits per heavy atom. The first-order valence-corrected chi connectivity index (χ1v) is 10.1. The molecule has 2 saturated carbocycles. The van der Waals surface area contributed by atoms with E-state index >= 15 is 0 Å². The molecular weight excluding hydrogens is 322 g/mol. The van der Waals surface area contributed by atoms with E-state index in [-0.39, 0.29) is 29.2 Å². The summed E-state index contributed by atoms with van der Waals surface area (Å²) in [4.78, 5) is 31.7. The number of aromatic nitrogens is 1. The van der Waals surface area contributed by atoms with E-state index in [1.54, 1.807) is 11.3 Å². The van der Waals surface area contributed by atoms with Crippen molar-refractivity contribution >= 4 is 23.2 Å². The largest absolute Gasteiger partial charge is 0.344 e. The highest BCUT2D eigenvalue weighted by atomic mass is 32.1. The van der Waals surface area contributed by atoms with E-state index in [0.29, 0.717) is 6.54 Å². The van der Waals surface area contributed by atoms with Crippen LogP contribution in [-0.2, 0) is 15.1 Å². The Labute approximate surface area is 146 Å². The first-order valence-electron chi connectivity index (χ1n) is 9.19. The molecule has 6 heteroatoms. The number of carbonyl (C=O) groups is 2. The highest BCUT2D eigenvalue weighted by Gasteiger charge is 2.42. The van der Waals surface area contributed by atoms with Crippen molar-refractivity contribution in [3.05, 3.63) is 16.6 Å². The van der Waals surface area contributed by atoms with Crippen LogP contribution in [0.5, 0.6) is 0 Å². The Morgan fingerprint density at radius 1 is 1.17 bits per heavy atom. The average Bonchev–Trinajstić information content (AvgIpc) is 3.10. The first-order chi connectivity index (χ1) is 11.7. The summed E-state index contributed by atoms with van der Waals surface area (Å²) in [5.41, 5.74) is -0.270. The van der Waals surface area contributed by atoms with E-state index in [4.69, 9.17) is 0 Å². The van der Waals surface area contributed by atoms with Crippen molar-refractivity contribution in [3.63, 3.8) is 0 Å². The van der Waals surface area contributed by atoms with Gasteiger partial charge in [-0.15, -0.1) is 11.3 Å². The monoisotopic (exact) mass is 347 g/mol. The molecule has 5 nitrogen and oxygen atoms in total. The van der Waals surface area contributed by atoms with Crippen molar-refractivity contribution in [1.82, 2.24) is 15.2 Å². The van der Waals surface area contributed by atoms with Crippen LogP contribution in [0.15, 0.2) is 11.6 Å². The van der Waals surface area contributed by atoms with Crippen LogP contribution in [0.4, 0.5) is 0 Å². The quantitative estimate of drug-likeness (QED) is 0.911. The maximum Gasteiger partial charge on any atom is 0.225 e. The van der Waals surface area contributed by atoms with Gasteiger partial charge in [-0.05, 0) is 38.5 Å². The van der Waals surface area contributed by atoms with Crippen LogP contribution in [0.1, 0.15) is 56.4 Å². The Hall–Kier alpha value is -1.43. The number of nitrogens with one attached hydrogen (secondary N) is 1. The first kappa shape index (κ1) is 16.1. The van der Waals surface area contributed by atoms with Crippen molar-refractivity contribution in [3.8, 4) is 0 Å². The van der Waals surface area contributed by atoms with E-state index in [1.165, 1.54) is 0 Å². The SMILES string of the molecule is O=C(NC1(c2nccs2)CCCC1)[C@H]1CCCN(C(=O)C2CC2)C1. The van der Waals surface area contributed by atoms with E-state index in [9.17, 15) is 9.59 Å². The molecule has 0 spiro atoms. The highest BCUT2D eigenvalue weighted by molar-refractivity contribution is 7.09. The molecule has 0 radical (unpaired) electrons. The van der Waals surface area contributed by atoms with Gasteiger partial charge in [-0.25, -0.2) is 4.98 Å². The fourth-order valence-corrected chi connectivity index (χ4v) is 5.00. The summed E-state index contributed by atoms with van der Waals surface area (Å²) in [5, 5.41) is 6.36. The molecule has 1 aliphatic heterocycles. The molecule has 1 aromatic rings. The minimum atomic E-state index is -0.270. The summed E-state index contributed by atoms with van der Waals surface area (Å²) < 4.78 is 0. The van der Waals surface area contributed by atoms with Gasteiger partial charge in [0.05, 0.1) is 11.5 Å². The lowest BCUT2D eigenvalue weighted by molar-refractivity contribution is -0.137. The minimum Gasteiger partial charge on any atom is -0.344 e. The molecule has 130 valence electrons. The molecule has 0 unspecified atom stereocenters. The van der Waals surface area contributed by atoms with Gasteiger partial charge in [0.1, 0.15) is 5.01 Å². The fraction of sp³-hybridized carbons (Fsp3) is 0.722. The molecular formula is C18H25N3O2S. The average molecular weight is 347 g/mol. The lowest BCUT2D eigenvalue weighted by atomic mass is 9.93. The normalized spacial score (nSPS) is 26.3. The van der Waals surface area contributed by atoms with Crippen LogP contribution in [-0.4, -0.2) is 34.8 Å². The molecule has 1 saturated heterocycles. The van der Waals surface area contributed by atoms with Crippen LogP contribution < -0.4 is 5.32 Å². The number of hydrogen-bond acceptors (Lipinski definition) is 4. The topological polar surface area (TPSA) is 62.3 Å². The molecule has 3 fully saturated rings. The number of thiazole rings is 1. The third-order valence-corrected chi connectivity index (χ3v) is 6.67. The van der Waals surface area contributed by atoms with E-state index in [0.717, 1.165) is 62.9 Å². The van der Waals surface area contributed by atoms with Crippen LogP contribution in [0, 0.1) is 11.8 Å². The van der Waals surface area contributed by atoms with Crippen molar-refractivity contribution < 1.29 is 9.59 Å². The van der Waals surface area contributed by atoms with Crippen LogP contribution in [0.3, 0.4) is 0 Å². The van der Waals surface area contributed by atoms with Gasteiger partial charge >= 0.3 is 0 Å². The standard InChI is InChI=1S/C18H25N3O2S/c22-15(14-4-3-10-21(12-14)16(23)13-5-6-13)20-18(7-1-2-8-18)17-19-9-11-24-17/h9,11,13-14H,1-8,10,12H2,(H,20,22)/t14-/m0/s1. The maximum atomic E-state index is 12.9. The van der Waals surface area contributed by atoms with E-state index in [2.05, 4.69) is 10.3 Å².